The van der Waals surface area contributed by atoms with Crippen LogP contribution in [0.2, 0.25) is 0 Å². The summed E-state index contributed by atoms with van der Waals surface area (Å²) in [5, 5.41) is 9.00. The summed E-state index contributed by atoms with van der Waals surface area (Å²) in [6, 6.07) is -0.781. The molecule has 0 aromatic rings. The zero-order chi connectivity index (χ0) is 14.6. The first kappa shape index (κ1) is 15.7. The lowest BCUT2D eigenvalue weighted by molar-refractivity contribution is -0.160. The zero-order valence-electron chi connectivity index (χ0n) is 10.6. The van der Waals surface area contributed by atoms with E-state index in [0.29, 0.717) is 17.9 Å². The summed E-state index contributed by atoms with van der Waals surface area (Å²) < 4.78 is 36.4. The van der Waals surface area contributed by atoms with Crippen LogP contribution < -0.4 is 0 Å². The summed E-state index contributed by atoms with van der Waals surface area (Å²) in [6.45, 7) is -1.19. The van der Waals surface area contributed by atoms with Gasteiger partial charge in [0.1, 0.15) is 12.6 Å². The van der Waals surface area contributed by atoms with Crippen molar-refractivity contribution in [1.82, 2.24) is 9.80 Å². The van der Waals surface area contributed by atoms with Crippen LogP contribution in [0.4, 0.5) is 13.2 Å². The van der Waals surface area contributed by atoms with Crippen LogP contribution in [-0.4, -0.2) is 65.7 Å². The second-order valence-corrected chi connectivity index (χ2v) is 4.69. The number of carboxylic acid groups (broad SMARTS) is 1. The molecule has 0 saturated carbocycles. The molecular weight excluding hydrogens is 265 g/mol. The lowest BCUT2D eigenvalue weighted by Crippen LogP contribution is -2.50. The zero-order valence-corrected chi connectivity index (χ0v) is 10.6. The van der Waals surface area contributed by atoms with Crippen molar-refractivity contribution in [3.8, 4) is 0 Å². The largest absolute Gasteiger partial charge is 0.480 e. The highest BCUT2D eigenvalue weighted by Gasteiger charge is 2.34. The van der Waals surface area contributed by atoms with Crippen molar-refractivity contribution in [1.29, 1.82) is 0 Å². The Labute approximate surface area is 109 Å². The maximum absolute atomic E-state index is 12.1. The van der Waals surface area contributed by atoms with Crippen LogP contribution >= 0.6 is 0 Å². The third kappa shape index (κ3) is 5.06. The molecule has 1 heterocycles. The molecule has 1 N–H and O–H groups in total. The monoisotopic (exact) mass is 282 g/mol. The Hall–Kier alpha value is -1.31. The number of halogens is 3. The van der Waals surface area contributed by atoms with Gasteiger partial charge in [-0.15, -0.1) is 0 Å². The van der Waals surface area contributed by atoms with Crippen LogP contribution in [0.5, 0.6) is 0 Å². The van der Waals surface area contributed by atoms with Crippen molar-refractivity contribution in [3.05, 3.63) is 0 Å². The maximum Gasteiger partial charge on any atom is 0.406 e. The molecule has 1 aliphatic heterocycles. The van der Waals surface area contributed by atoms with E-state index >= 15 is 0 Å². The van der Waals surface area contributed by atoms with E-state index < -0.39 is 30.6 Å². The van der Waals surface area contributed by atoms with Crippen molar-refractivity contribution >= 4 is 11.9 Å². The fraction of sp³-hybridized carbons (Fsp3) is 0.818. The number of carbonyl (C=O) groups excluding carboxylic acids is 1. The SMILES string of the molecule is CN(CC(F)(F)F)C(=O)CN1CCCCC1C(=O)O. The van der Waals surface area contributed by atoms with Crippen molar-refractivity contribution in [2.24, 2.45) is 0 Å². The Kier molecular flexibility index (Phi) is 5.16. The second-order valence-electron chi connectivity index (χ2n) is 4.69. The highest BCUT2D eigenvalue weighted by Crippen LogP contribution is 2.18. The van der Waals surface area contributed by atoms with E-state index in [2.05, 4.69) is 0 Å². The Morgan fingerprint density at radius 1 is 1.37 bits per heavy atom. The lowest BCUT2D eigenvalue weighted by Gasteiger charge is -2.33. The van der Waals surface area contributed by atoms with Crippen molar-refractivity contribution in [3.63, 3.8) is 0 Å². The molecule has 110 valence electrons. The van der Waals surface area contributed by atoms with E-state index in [1.54, 1.807) is 0 Å². The van der Waals surface area contributed by atoms with E-state index in [1.807, 2.05) is 0 Å². The Morgan fingerprint density at radius 2 is 2.00 bits per heavy atom. The van der Waals surface area contributed by atoms with Crippen molar-refractivity contribution in [2.75, 3.05) is 26.7 Å². The minimum absolute atomic E-state index is 0.288. The van der Waals surface area contributed by atoms with Gasteiger partial charge in [0.05, 0.1) is 6.54 Å². The van der Waals surface area contributed by atoms with Gasteiger partial charge >= 0.3 is 12.1 Å². The van der Waals surface area contributed by atoms with Crippen molar-refractivity contribution in [2.45, 2.75) is 31.5 Å². The Balaban J connectivity index is 2.56. The summed E-state index contributed by atoms with van der Waals surface area (Å²) in [5.41, 5.74) is 0. The smallest absolute Gasteiger partial charge is 0.406 e. The number of piperidine rings is 1. The van der Waals surface area contributed by atoms with Gasteiger partial charge < -0.3 is 10.0 Å². The molecule has 0 aliphatic carbocycles. The van der Waals surface area contributed by atoms with Gasteiger partial charge in [-0.05, 0) is 19.4 Å². The topological polar surface area (TPSA) is 60.9 Å². The van der Waals surface area contributed by atoms with E-state index in [0.717, 1.165) is 19.9 Å². The van der Waals surface area contributed by atoms with Crippen LogP contribution in [0.1, 0.15) is 19.3 Å². The number of likely N-dealkylation sites (tertiary alicyclic amines) is 1. The number of alkyl halides is 3. The fourth-order valence-corrected chi connectivity index (χ4v) is 2.11. The number of nitrogens with zero attached hydrogens (tertiary/aromatic N) is 2. The molecule has 1 rings (SSSR count). The maximum atomic E-state index is 12.1. The number of hydrogen-bond donors (Lipinski definition) is 1. The molecule has 1 aliphatic rings. The summed E-state index contributed by atoms with van der Waals surface area (Å²) in [6.07, 6.45) is -2.52. The standard InChI is InChI=1S/C11H17F3N2O3/c1-15(7-11(12,13)14)9(17)6-16-5-3-2-4-8(16)10(18)19/h8H,2-7H2,1H3,(H,18,19). The Morgan fingerprint density at radius 3 is 2.53 bits per heavy atom. The van der Waals surface area contributed by atoms with Crippen LogP contribution in [0.15, 0.2) is 0 Å². The van der Waals surface area contributed by atoms with Gasteiger partial charge in [-0.3, -0.25) is 14.5 Å². The average Bonchev–Trinajstić information content (AvgIpc) is 2.27. The molecule has 0 aromatic heterocycles. The summed E-state index contributed by atoms with van der Waals surface area (Å²) >= 11 is 0. The van der Waals surface area contributed by atoms with Gasteiger partial charge in [-0.2, -0.15) is 13.2 Å². The second kappa shape index (κ2) is 6.23. The third-order valence-corrected chi connectivity index (χ3v) is 3.08. The first-order valence-electron chi connectivity index (χ1n) is 5.98. The van der Waals surface area contributed by atoms with Crippen molar-refractivity contribution < 1.29 is 27.9 Å². The minimum Gasteiger partial charge on any atom is -0.480 e. The highest BCUT2D eigenvalue weighted by molar-refractivity contribution is 5.80. The number of amides is 1. The van der Waals surface area contributed by atoms with E-state index in [-0.39, 0.29) is 6.54 Å². The van der Waals surface area contributed by atoms with Gasteiger partial charge in [-0.1, -0.05) is 6.42 Å². The molecule has 0 spiro atoms. The van der Waals surface area contributed by atoms with Gasteiger partial charge in [-0.25, -0.2) is 0 Å². The molecule has 8 heteroatoms. The number of aliphatic carboxylic acids is 1. The van der Waals surface area contributed by atoms with E-state index in [9.17, 15) is 22.8 Å². The third-order valence-electron chi connectivity index (χ3n) is 3.08. The number of carbonyl (C=O) groups is 2. The minimum atomic E-state index is -4.45. The van der Waals surface area contributed by atoms with Gasteiger partial charge in [0.15, 0.2) is 0 Å². The summed E-state index contributed by atoms with van der Waals surface area (Å²) in [7, 11) is 1.07. The van der Waals surface area contributed by atoms with Gasteiger partial charge in [0.25, 0.3) is 0 Å². The van der Waals surface area contributed by atoms with Gasteiger partial charge in [0.2, 0.25) is 5.91 Å². The lowest BCUT2D eigenvalue weighted by atomic mass is 10.0. The normalized spacial score (nSPS) is 21.2. The molecule has 1 fully saturated rings. The highest BCUT2D eigenvalue weighted by atomic mass is 19.4. The molecule has 0 bridgehead atoms. The van der Waals surface area contributed by atoms with Crippen LogP contribution in [-0.2, 0) is 9.59 Å². The molecule has 19 heavy (non-hydrogen) atoms. The first-order chi connectivity index (χ1) is 8.70. The number of likely N-dealkylation sites (N-methyl/N-ethyl adjacent to an activating group) is 1. The first-order valence-corrected chi connectivity index (χ1v) is 5.98. The van der Waals surface area contributed by atoms with Crippen LogP contribution in [0.25, 0.3) is 0 Å². The number of carboxylic acids is 1. The predicted molar refractivity (Wildman–Crippen MR) is 60.5 cm³/mol. The molecule has 1 unspecified atom stereocenters. The molecular formula is C11H17F3N2O3. The molecule has 1 atom stereocenters. The fourth-order valence-electron chi connectivity index (χ4n) is 2.11. The molecule has 1 saturated heterocycles. The molecule has 0 radical (unpaired) electrons. The molecule has 1 amide bonds. The predicted octanol–water partition coefficient (Wildman–Crippen LogP) is 0.946. The van der Waals surface area contributed by atoms with Crippen LogP contribution in [0, 0.1) is 0 Å². The number of rotatable bonds is 4. The number of hydrogen-bond acceptors (Lipinski definition) is 3. The molecule has 5 nitrogen and oxygen atoms in total. The van der Waals surface area contributed by atoms with E-state index in [1.165, 1.54) is 4.90 Å². The van der Waals surface area contributed by atoms with E-state index in [4.69, 9.17) is 5.11 Å². The summed E-state index contributed by atoms with van der Waals surface area (Å²) in [5.74, 6) is -1.75. The van der Waals surface area contributed by atoms with Crippen LogP contribution in [0.3, 0.4) is 0 Å². The molecule has 0 aromatic carbocycles. The Bertz CT molecular complexity index is 347. The summed E-state index contributed by atoms with van der Waals surface area (Å²) in [4.78, 5) is 24.7. The van der Waals surface area contributed by atoms with Gasteiger partial charge in [0, 0.05) is 7.05 Å². The average molecular weight is 282 g/mol. The quantitative estimate of drug-likeness (QED) is 0.834.